The molecule has 108 valence electrons. The molecule has 0 N–H and O–H groups in total. The van der Waals surface area contributed by atoms with Crippen molar-refractivity contribution in [3.8, 4) is 11.3 Å². The number of hydrogen-bond acceptors (Lipinski definition) is 5. The maximum absolute atomic E-state index is 5.82. The van der Waals surface area contributed by atoms with Gasteiger partial charge in [-0.05, 0) is 14.0 Å². The van der Waals surface area contributed by atoms with Gasteiger partial charge in [0.1, 0.15) is 0 Å². The summed E-state index contributed by atoms with van der Waals surface area (Å²) in [5.41, 5.74) is 1.05. The summed E-state index contributed by atoms with van der Waals surface area (Å²) in [4.78, 5) is 12.1. The standard InChI is InChI=1S/C16H17N3OS/c1-12-17-8-14(21-12)10-19(2)11-16-18-9-15(20-16)13-6-4-3-5-7-13/h3-9H,10-11H2,1-2H3. The average molecular weight is 299 g/mol. The summed E-state index contributed by atoms with van der Waals surface area (Å²) >= 11 is 1.72. The Balaban J connectivity index is 1.64. The molecule has 0 aliphatic carbocycles. The van der Waals surface area contributed by atoms with Gasteiger partial charge in [-0.1, -0.05) is 30.3 Å². The van der Waals surface area contributed by atoms with Crippen LogP contribution in [0.4, 0.5) is 0 Å². The van der Waals surface area contributed by atoms with Crippen LogP contribution in [0.1, 0.15) is 15.8 Å². The number of benzene rings is 1. The highest BCUT2D eigenvalue weighted by molar-refractivity contribution is 7.11. The zero-order valence-electron chi connectivity index (χ0n) is 12.1. The van der Waals surface area contributed by atoms with Gasteiger partial charge in [-0.25, -0.2) is 9.97 Å². The molecule has 0 fully saturated rings. The van der Waals surface area contributed by atoms with E-state index in [0.29, 0.717) is 6.54 Å². The zero-order valence-corrected chi connectivity index (χ0v) is 12.9. The highest BCUT2D eigenvalue weighted by atomic mass is 32.1. The van der Waals surface area contributed by atoms with Crippen LogP contribution in [0.5, 0.6) is 0 Å². The molecule has 3 aromatic rings. The molecule has 5 heteroatoms. The largest absolute Gasteiger partial charge is 0.439 e. The van der Waals surface area contributed by atoms with Gasteiger partial charge in [-0.3, -0.25) is 4.90 Å². The van der Waals surface area contributed by atoms with E-state index in [1.165, 1.54) is 4.88 Å². The second kappa shape index (κ2) is 6.20. The van der Waals surface area contributed by atoms with Gasteiger partial charge >= 0.3 is 0 Å². The summed E-state index contributed by atoms with van der Waals surface area (Å²) in [5.74, 6) is 1.55. The molecule has 1 aromatic carbocycles. The first kappa shape index (κ1) is 14.0. The molecular weight excluding hydrogens is 282 g/mol. The maximum Gasteiger partial charge on any atom is 0.209 e. The predicted octanol–water partition coefficient (Wildman–Crippen LogP) is 3.74. The minimum Gasteiger partial charge on any atom is -0.439 e. The van der Waals surface area contributed by atoms with Crippen LogP contribution in [-0.2, 0) is 13.1 Å². The molecule has 0 aliphatic heterocycles. The van der Waals surface area contributed by atoms with Crippen LogP contribution < -0.4 is 0 Å². The van der Waals surface area contributed by atoms with E-state index in [1.807, 2.05) is 43.5 Å². The van der Waals surface area contributed by atoms with Gasteiger partial charge < -0.3 is 4.42 Å². The summed E-state index contributed by atoms with van der Waals surface area (Å²) < 4.78 is 5.82. The Morgan fingerprint density at radius 3 is 2.62 bits per heavy atom. The number of hydrogen-bond donors (Lipinski definition) is 0. The SMILES string of the molecule is Cc1ncc(CN(C)Cc2ncc(-c3ccccc3)o2)s1. The van der Waals surface area contributed by atoms with Crippen molar-refractivity contribution in [2.24, 2.45) is 0 Å². The van der Waals surface area contributed by atoms with Crippen molar-refractivity contribution >= 4 is 11.3 Å². The van der Waals surface area contributed by atoms with Crippen LogP contribution in [-0.4, -0.2) is 21.9 Å². The van der Waals surface area contributed by atoms with Crippen molar-refractivity contribution in [1.29, 1.82) is 0 Å². The molecule has 0 aliphatic rings. The van der Waals surface area contributed by atoms with Crippen molar-refractivity contribution in [3.05, 3.63) is 58.5 Å². The van der Waals surface area contributed by atoms with Crippen molar-refractivity contribution in [3.63, 3.8) is 0 Å². The molecule has 4 nitrogen and oxygen atoms in total. The molecule has 0 saturated heterocycles. The Labute approximate surface area is 128 Å². The quantitative estimate of drug-likeness (QED) is 0.720. The van der Waals surface area contributed by atoms with Gasteiger partial charge in [0.25, 0.3) is 0 Å². The highest BCUT2D eigenvalue weighted by Gasteiger charge is 2.10. The molecule has 21 heavy (non-hydrogen) atoms. The molecule has 0 saturated carbocycles. The summed E-state index contributed by atoms with van der Waals surface area (Å²) in [6, 6.07) is 10.0. The number of thiazole rings is 1. The number of aryl methyl sites for hydroxylation is 1. The third-order valence-electron chi connectivity index (χ3n) is 3.11. The van der Waals surface area contributed by atoms with Gasteiger partial charge in [0.05, 0.1) is 17.7 Å². The summed E-state index contributed by atoms with van der Waals surface area (Å²) in [5, 5.41) is 1.10. The second-order valence-electron chi connectivity index (χ2n) is 5.00. The molecule has 3 rings (SSSR count). The fraction of sp³-hybridized carbons (Fsp3) is 0.250. The Bertz CT molecular complexity index is 705. The van der Waals surface area contributed by atoms with E-state index in [0.717, 1.165) is 28.8 Å². The molecule has 0 radical (unpaired) electrons. The molecule has 0 bridgehead atoms. The Kier molecular flexibility index (Phi) is 4.13. The molecule has 0 atom stereocenters. The van der Waals surface area contributed by atoms with Gasteiger partial charge in [-0.2, -0.15) is 0 Å². The third-order valence-corrected chi connectivity index (χ3v) is 4.01. The van der Waals surface area contributed by atoms with E-state index < -0.39 is 0 Å². The monoisotopic (exact) mass is 299 g/mol. The second-order valence-corrected chi connectivity index (χ2v) is 6.32. The predicted molar refractivity (Wildman–Crippen MR) is 84.0 cm³/mol. The van der Waals surface area contributed by atoms with Crippen LogP contribution >= 0.6 is 11.3 Å². The van der Waals surface area contributed by atoms with E-state index in [-0.39, 0.29) is 0 Å². The summed E-state index contributed by atoms with van der Waals surface area (Å²) in [6.07, 6.45) is 3.72. The first-order chi connectivity index (χ1) is 10.2. The minimum absolute atomic E-state index is 0.684. The third kappa shape index (κ3) is 3.56. The van der Waals surface area contributed by atoms with Crippen LogP contribution in [0.3, 0.4) is 0 Å². The lowest BCUT2D eigenvalue weighted by atomic mass is 10.2. The molecule has 2 aromatic heterocycles. The van der Waals surface area contributed by atoms with E-state index in [4.69, 9.17) is 4.42 Å². The first-order valence-electron chi connectivity index (χ1n) is 6.80. The van der Waals surface area contributed by atoms with Gasteiger partial charge in [0.2, 0.25) is 5.89 Å². The fourth-order valence-corrected chi connectivity index (χ4v) is 3.03. The number of nitrogens with zero attached hydrogens (tertiary/aromatic N) is 3. The minimum atomic E-state index is 0.684. The van der Waals surface area contributed by atoms with Gasteiger partial charge in [0, 0.05) is 23.2 Å². The van der Waals surface area contributed by atoms with Gasteiger partial charge in [-0.15, -0.1) is 11.3 Å². The molecule has 0 spiro atoms. The molecular formula is C16H17N3OS. The maximum atomic E-state index is 5.82. The van der Waals surface area contributed by atoms with Gasteiger partial charge in [0.15, 0.2) is 5.76 Å². The van der Waals surface area contributed by atoms with E-state index in [2.05, 4.69) is 21.9 Å². The van der Waals surface area contributed by atoms with E-state index in [1.54, 1.807) is 17.5 Å². The van der Waals surface area contributed by atoms with Crippen molar-refractivity contribution < 1.29 is 4.42 Å². The number of aromatic nitrogens is 2. The van der Waals surface area contributed by atoms with Crippen molar-refractivity contribution in [1.82, 2.24) is 14.9 Å². The Morgan fingerprint density at radius 2 is 1.90 bits per heavy atom. The summed E-state index contributed by atoms with van der Waals surface area (Å²) in [7, 11) is 2.06. The first-order valence-corrected chi connectivity index (χ1v) is 7.62. The van der Waals surface area contributed by atoms with Crippen LogP contribution in [0, 0.1) is 6.92 Å². The Hall–Kier alpha value is -1.98. The topological polar surface area (TPSA) is 42.2 Å². The lowest BCUT2D eigenvalue weighted by Gasteiger charge is -2.12. The van der Waals surface area contributed by atoms with E-state index >= 15 is 0 Å². The average Bonchev–Trinajstić information content (AvgIpc) is 3.09. The van der Waals surface area contributed by atoms with Crippen molar-refractivity contribution in [2.45, 2.75) is 20.0 Å². The molecule has 2 heterocycles. The lowest BCUT2D eigenvalue weighted by Crippen LogP contribution is -2.16. The van der Waals surface area contributed by atoms with Crippen molar-refractivity contribution in [2.75, 3.05) is 7.05 Å². The fourth-order valence-electron chi connectivity index (χ4n) is 2.15. The van der Waals surface area contributed by atoms with E-state index in [9.17, 15) is 0 Å². The molecule has 0 unspecified atom stereocenters. The van der Waals surface area contributed by atoms with Crippen LogP contribution in [0.25, 0.3) is 11.3 Å². The summed E-state index contributed by atoms with van der Waals surface area (Å²) in [6.45, 7) is 3.56. The number of oxazole rings is 1. The Morgan fingerprint density at radius 1 is 1.10 bits per heavy atom. The number of rotatable bonds is 5. The smallest absolute Gasteiger partial charge is 0.209 e. The zero-order chi connectivity index (χ0) is 14.7. The van der Waals surface area contributed by atoms with Crippen LogP contribution in [0.15, 0.2) is 47.1 Å². The lowest BCUT2D eigenvalue weighted by molar-refractivity contribution is 0.285. The highest BCUT2D eigenvalue weighted by Crippen LogP contribution is 2.21. The normalized spacial score (nSPS) is 11.2. The van der Waals surface area contributed by atoms with Crippen LogP contribution in [0.2, 0.25) is 0 Å². The molecule has 0 amide bonds.